The SMILES string of the molecule is CC(N=NC(C)(C#N)c1ccc(F)cc1)c1ccc(F)cc1. The van der Waals surface area contributed by atoms with Crippen LogP contribution in [0, 0.1) is 23.0 Å². The van der Waals surface area contributed by atoms with Crippen molar-refractivity contribution < 1.29 is 8.78 Å². The number of nitriles is 1. The lowest BCUT2D eigenvalue weighted by Gasteiger charge is -2.16. The van der Waals surface area contributed by atoms with Gasteiger partial charge in [0, 0.05) is 0 Å². The van der Waals surface area contributed by atoms with Crippen molar-refractivity contribution in [3.05, 3.63) is 71.3 Å². The summed E-state index contributed by atoms with van der Waals surface area (Å²) in [7, 11) is 0. The molecule has 0 N–H and O–H groups in total. The van der Waals surface area contributed by atoms with Crippen molar-refractivity contribution in [2.45, 2.75) is 25.4 Å². The van der Waals surface area contributed by atoms with Crippen LogP contribution in [0.15, 0.2) is 58.8 Å². The van der Waals surface area contributed by atoms with E-state index in [9.17, 15) is 14.0 Å². The first-order chi connectivity index (χ1) is 10.4. The van der Waals surface area contributed by atoms with Crippen molar-refractivity contribution in [2.75, 3.05) is 0 Å². The molecule has 112 valence electrons. The zero-order valence-corrected chi connectivity index (χ0v) is 12.3. The molecule has 2 aromatic rings. The van der Waals surface area contributed by atoms with Crippen LogP contribution < -0.4 is 0 Å². The van der Waals surface area contributed by atoms with Gasteiger partial charge >= 0.3 is 0 Å². The first-order valence-corrected chi connectivity index (χ1v) is 6.79. The van der Waals surface area contributed by atoms with E-state index in [1.54, 1.807) is 26.0 Å². The fourth-order valence-corrected chi connectivity index (χ4v) is 1.93. The molecule has 0 aromatic heterocycles. The second-order valence-corrected chi connectivity index (χ2v) is 5.13. The molecular weight excluding hydrogens is 284 g/mol. The normalized spacial score (nSPS) is 15.2. The highest BCUT2D eigenvalue weighted by molar-refractivity contribution is 5.30. The van der Waals surface area contributed by atoms with Gasteiger partial charge in [0.1, 0.15) is 11.6 Å². The van der Waals surface area contributed by atoms with Gasteiger partial charge in [0.25, 0.3) is 0 Å². The van der Waals surface area contributed by atoms with E-state index in [0.29, 0.717) is 5.56 Å². The molecule has 0 aliphatic rings. The van der Waals surface area contributed by atoms with Crippen LogP contribution in [-0.4, -0.2) is 0 Å². The maximum absolute atomic E-state index is 13.0. The van der Waals surface area contributed by atoms with Crippen LogP contribution in [0.5, 0.6) is 0 Å². The maximum Gasteiger partial charge on any atom is 0.189 e. The number of halogens is 2. The molecule has 5 heteroatoms. The Balaban J connectivity index is 2.23. The molecule has 0 aliphatic heterocycles. The highest BCUT2D eigenvalue weighted by Gasteiger charge is 2.26. The number of hydrogen-bond donors (Lipinski definition) is 0. The Bertz CT molecular complexity index is 702. The van der Waals surface area contributed by atoms with E-state index in [1.807, 2.05) is 0 Å². The maximum atomic E-state index is 13.0. The van der Waals surface area contributed by atoms with Gasteiger partial charge in [0.15, 0.2) is 5.54 Å². The molecule has 0 radical (unpaired) electrons. The molecule has 2 atom stereocenters. The zero-order chi connectivity index (χ0) is 16.2. The Morgan fingerprint density at radius 3 is 2.00 bits per heavy atom. The highest BCUT2D eigenvalue weighted by atomic mass is 19.1. The van der Waals surface area contributed by atoms with E-state index in [2.05, 4.69) is 16.3 Å². The number of nitrogens with zero attached hydrogens (tertiary/aromatic N) is 3. The monoisotopic (exact) mass is 299 g/mol. The van der Waals surface area contributed by atoms with Gasteiger partial charge in [0.05, 0.1) is 12.1 Å². The molecule has 0 heterocycles. The van der Waals surface area contributed by atoms with Crippen LogP contribution >= 0.6 is 0 Å². The van der Waals surface area contributed by atoms with Crippen LogP contribution in [0.1, 0.15) is 31.0 Å². The largest absolute Gasteiger partial charge is 0.207 e. The minimum absolute atomic E-state index is 0.311. The Kier molecular flexibility index (Phi) is 4.62. The first-order valence-electron chi connectivity index (χ1n) is 6.79. The summed E-state index contributed by atoms with van der Waals surface area (Å²) >= 11 is 0. The van der Waals surface area contributed by atoms with E-state index in [0.717, 1.165) is 5.56 Å². The third-order valence-electron chi connectivity index (χ3n) is 3.41. The van der Waals surface area contributed by atoms with Crippen LogP contribution in [0.3, 0.4) is 0 Å². The second kappa shape index (κ2) is 6.44. The van der Waals surface area contributed by atoms with Crippen molar-refractivity contribution in [3.8, 4) is 6.07 Å². The van der Waals surface area contributed by atoms with Crippen molar-refractivity contribution in [1.82, 2.24) is 0 Å². The number of rotatable bonds is 4. The molecule has 0 amide bonds. The lowest BCUT2D eigenvalue weighted by atomic mass is 9.95. The summed E-state index contributed by atoms with van der Waals surface area (Å²) in [4.78, 5) is 0. The summed E-state index contributed by atoms with van der Waals surface area (Å²) in [6.07, 6.45) is 0. The summed E-state index contributed by atoms with van der Waals surface area (Å²) in [5, 5.41) is 17.7. The number of hydrogen-bond acceptors (Lipinski definition) is 3. The Labute approximate surface area is 127 Å². The van der Waals surface area contributed by atoms with E-state index in [4.69, 9.17) is 0 Å². The van der Waals surface area contributed by atoms with E-state index in [1.165, 1.54) is 36.4 Å². The van der Waals surface area contributed by atoms with Gasteiger partial charge in [-0.1, -0.05) is 24.3 Å². The topological polar surface area (TPSA) is 48.5 Å². The van der Waals surface area contributed by atoms with Crippen molar-refractivity contribution in [3.63, 3.8) is 0 Å². The van der Waals surface area contributed by atoms with E-state index in [-0.39, 0.29) is 17.7 Å². The van der Waals surface area contributed by atoms with Gasteiger partial charge in [-0.25, -0.2) is 8.78 Å². The van der Waals surface area contributed by atoms with Crippen LogP contribution in [0.25, 0.3) is 0 Å². The third kappa shape index (κ3) is 3.53. The molecule has 0 bridgehead atoms. The van der Waals surface area contributed by atoms with Gasteiger partial charge < -0.3 is 0 Å². The summed E-state index contributed by atoms with van der Waals surface area (Å²) < 4.78 is 25.9. The lowest BCUT2D eigenvalue weighted by Crippen LogP contribution is -2.16. The van der Waals surface area contributed by atoms with Crippen LogP contribution in [0.2, 0.25) is 0 Å². The molecule has 2 rings (SSSR count). The van der Waals surface area contributed by atoms with Crippen molar-refractivity contribution in [1.29, 1.82) is 5.26 Å². The predicted octanol–water partition coefficient (Wildman–Crippen LogP) is 4.92. The predicted molar refractivity (Wildman–Crippen MR) is 79.0 cm³/mol. The molecule has 22 heavy (non-hydrogen) atoms. The highest BCUT2D eigenvalue weighted by Crippen LogP contribution is 2.27. The average Bonchev–Trinajstić information content (AvgIpc) is 2.53. The quantitative estimate of drug-likeness (QED) is 0.739. The average molecular weight is 299 g/mol. The molecule has 0 saturated heterocycles. The lowest BCUT2D eigenvalue weighted by molar-refractivity contribution is 0.562. The van der Waals surface area contributed by atoms with Crippen molar-refractivity contribution in [2.24, 2.45) is 10.2 Å². The fourth-order valence-electron chi connectivity index (χ4n) is 1.93. The first kappa shape index (κ1) is 15.8. The summed E-state index contributed by atoms with van der Waals surface area (Å²) in [5.74, 6) is -0.693. The van der Waals surface area contributed by atoms with Crippen LogP contribution in [-0.2, 0) is 5.54 Å². The minimum atomic E-state index is -1.19. The third-order valence-corrected chi connectivity index (χ3v) is 3.41. The fraction of sp³-hybridized carbons (Fsp3) is 0.235. The standard InChI is InChI=1S/C17H15F2N3/c1-12(13-3-7-15(18)8-4-13)21-22-17(2,11-20)14-5-9-16(19)10-6-14/h3-10,12H,1-2H3. The van der Waals surface area contributed by atoms with Crippen molar-refractivity contribution >= 4 is 0 Å². The van der Waals surface area contributed by atoms with Gasteiger partial charge in [-0.05, 0) is 49.2 Å². The molecule has 0 spiro atoms. The molecular formula is C17H15F2N3. The molecule has 0 saturated carbocycles. The summed E-state index contributed by atoms with van der Waals surface area (Å²) in [6, 6.07) is 13.3. The molecule has 0 aliphatic carbocycles. The van der Waals surface area contributed by atoms with Gasteiger partial charge in [-0.15, -0.1) is 0 Å². The van der Waals surface area contributed by atoms with Gasteiger partial charge in [-0.2, -0.15) is 15.5 Å². The van der Waals surface area contributed by atoms with Gasteiger partial charge in [-0.3, -0.25) is 0 Å². The Morgan fingerprint density at radius 2 is 1.50 bits per heavy atom. The summed E-state index contributed by atoms with van der Waals surface area (Å²) in [6.45, 7) is 3.42. The zero-order valence-electron chi connectivity index (χ0n) is 12.3. The molecule has 3 nitrogen and oxygen atoms in total. The second-order valence-electron chi connectivity index (χ2n) is 5.13. The van der Waals surface area contributed by atoms with Crippen LogP contribution in [0.4, 0.5) is 8.78 Å². The van der Waals surface area contributed by atoms with E-state index < -0.39 is 5.54 Å². The summed E-state index contributed by atoms with van der Waals surface area (Å²) in [5.41, 5.74) is 0.165. The Morgan fingerprint density at radius 1 is 1.00 bits per heavy atom. The van der Waals surface area contributed by atoms with Gasteiger partial charge in [0.2, 0.25) is 0 Å². The Hall–Kier alpha value is -2.61. The molecule has 2 unspecified atom stereocenters. The van der Waals surface area contributed by atoms with E-state index >= 15 is 0 Å². The smallest absolute Gasteiger partial charge is 0.189 e. The minimum Gasteiger partial charge on any atom is -0.207 e. The molecule has 0 fully saturated rings. The number of azo groups is 1. The number of benzene rings is 2. The molecule has 2 aromatic carbocycles.